The maximum Gasteiger partial charge on any atom is 0.272 e. The quantitative estimate of drug-likeness (QED) is 0.859. The van der Waals surface area contributed by atoms with Crippen molar-refractivity contribution in [3.05, 3.63) is 53.1 Å². The van der Waals surface area contributed by atoms with Crippen LogP contribution in [0.1, 0.15) is 27.3 Å². The standard InChI is InChI=1S/C18H22N4O2/c1-13-5-4-6-15(9-13)10-21-7-8-22(11-16(21)23)18(24)17-14(2)19-12-20(17)3/h4-6,9,12H,7-8,10-11H2,1-3H3. The van der Waals surface area contributed by atoms with Gasteiger partial charge in [-0.1, -0.05) is 29.8 Å². The highest BCUT2D eigenvalue weighted by Gasteiger charge is 2.29. The van der Waals surface area contributed by atoms with Crippen molar-refractivity contribution in [3.63, 3.8) is 0 Å². The third-order valence-corrected chi connectivity index (χ3v) is 4.38. The van der Waals surface area contributed by atoms with E-state index in [9.17, 15) is 9.59 Å². The number of hydrogen-bond donors (Lipinski definition) is 0. The Morgan fingerprint density at radius 3 is 2.67 bits per heavy atom. The van der Waals surface area contributed by atoms with Crippen molar-refractivity contribution in [2.24, 2.45) is 7.05 Å². The van der Waals surface area contributed by atoms with Crippen molar-refractivity contribution in [3.8, 4) is 0 Å². The summed E-state index contributed by atoms with van der Waals surface area (Å²) < 4.78 is 1.71. The smallest absolute Gasteiger partial charge is 0.272 e. The van der Waals surface area contributed by atoms with Gasteiger partial charge in [0.25, 0.3) is 5.91 Å². The van der Waals surface area contributed by atoms with E-state index in [-0.39, 0.29) is 18.4 Å². The second kappa shape index (κ2) is 6.47. The van der Waals surface area contributed by atoms with Crippen molar-refractivity contribution in [1.82, 2.24) is 19.4 Å². The van der Waals surface area contributed by atoms with Crippen LogP contribution in [0.3, 0.4) is 0 Å². The van der Waals surface area contributed by atoms with Crippen molar-refractivity contribution in [2.75, 3.05) is 19.6 Å². The van der Waals surface area contributed by atoms with E-state index in [0.717, 1.165) is 5.56 Å². The van der Waals surface area contributed by atoms with Crippen molar-refractivity contribution >= 4 is 11.8 Å². The van der Waals surface area contributed by atoms with Gasteiger partial charge in [-0.25, -0.2) is 4.98 Å². The largest absolute Gasteiger partial charge is 0.335 e. The van der Waals surface area contributed by atoms with E-state index in [2.05, 4.69) is 11.1 Å². The number of amides is 2. The van der Waals surface area contributed by atoms with E-state index < -0.39 is 0 Å². The van der Waals surface area contributed by atoms with Crippen LogP contribution in [0.25, 0.3) is 0 Å². The molecule has 0 unspecified atom stereocenters. The average Bonchev–Trinajstić information content (AvgIpc) is 2.87. The van der Waals surface area contributed by atoms with Crippen molar-refractivity contribution < 1.29 is 9.59 Å². The fourth-order valence-corrected chi connectivity index (χ4v) is 3.08. The molecule has 3 rings (SSSR count). The molecule has 0 N–H and O–H groups in total. The zero-order chi connectivity index (χ0) is 17.3. The maximum atomic E-state index is 12.7. The minimum absolute atomic E-state index is 0.0177. The summed E-state index contributed by atoms with van der Waals surface area (Å²) in [5.74, 6) is -0.146. The molecule has 0 spiro atoms. The van der Waals surface area contributed by atoms with Crippen LogP contribution in [0.2, 0.25) is 0 Å². The molecule has 0 bridgehead atoms. The van der Waals surface area contributed by atoms with Crippen LogP contribution in [0, 0.1) is 13.8 Å². The van der Waals surface area contributed by atoms with Gasteiger partial charge < -0.3 is 14.4 Å². The molecule has 1 aromatic carbocycles. The van der Waals surface area contributed by atoms with Gasteiger partial charge in [-0.2, -0.15) is 0 Å². The van der Waals surface area contributed by atoms with Gasteiger partial charge >= 0.3 is 0 Å². The first-order valence-electron chi connectivity index (χ1n) is 8.06. The normalized spacial score (nSPS) is 15.0. The number of aromatic nitrogens is 2. The molecule has 1 aliphatic rings. The molecule has 1 saturated heterocycles. The number of rotatable bonds is 3. The van der Waals surface area contributed by atoms with Crippen LogP contribution in [0.4, 0.5) is 0 Å². The fraction of sp³-hybridized carbons (Fsp3) is 0.389. The second-order valence-electron chi connectivity index (χ2n) is 6.32. The molecule has 2 heterocycles. The molecule has 0 aliphatic carbocycles. The summed E-state index contributed by atoms with van der Waals surface area (Å²) in [6, 6.07) is 8.15. The lowest BCUT2D eigenvalue weighted by atomic mass is 10.1. The van der Waals surface area contributed by atoms with Crippen LogP contribution < -0.4 is 0 Å². The molecular weight excluding hydrogens is 304 g/mol. The molecule has 1 aliphatic heterocycles. The van der Waals surface area contributed by atoms with Crippen LogP contribution >= 0.6 is 0 Å². The summed E-state index contributed by atoms with van der Waals surface area (Å²) in [6.07, 6.45) is 1.62. The molecular formula is C18H22N4O2. The van der Waals surface area contributed by atoms with Gasteiger partial charge in [-0.3, -0.25) is 9.59 Å². The molecule has 126 valence electrons. The highest BCUT2D eigenvalue weighted by atomic mass is 16.2. The van der Waals surface area contributed by atoms with Gasteiger partial charge in [0.2, 0.25) is 5.91 Å². The first-order chi connectivity index (χ1) is 11.5. The first kappa shape index (κ1) is 16.2. The second-order valence-corrected chi connectivity index (χ2v) is 6.32. The Hall–Kier alpha value is -2.63. The van der Waals surface area contributed by atoms with Gasteiger partial charge in [0.15, 0.2) is 0 Å². The van der Waals surface area contributed by atoms with Gasteiger partial charge in [0, 0.05) is 26.7 Å². The lowest BCUT2D eigenvalue weighted by molar-refractivity contribution is -0.135. The van der Waals surface area contributed by atoms with Crippen LogP contribution in [-0.2, 0) is 18.4 Å². The molecule has 6 nitrogen and oxygen atoms in total. The molecule has 2 aromatic rings. The molecule has 0 saturated carbocycles. The summed E-state index contributed by atoms with van der Waals surface area (Å²) in [6.45, 7) is 5.65. The lowest BCUT2D eigenvalue weighted by Crippen LogP contribution is -2.52. The Morgan fingerprint density at radius 2 is 2.04 bits per heavy atom. The highest BCUT2D eigenvalue weighted by molar-refractivity contribution is 5.96. The Morgan fingerprint density at radius 1 is 1.25 bits per heavy atom. The third-order valence-electron chi connectivity index (χ3n) is 4.38. The zero-order valence-corrected chi connectivity index (χ0v) is 14.3. The Bertz CT molecular complexity index is 762. The van der Waals surface area contributed by atoms with Gasteiger partial charge in [-0.15, -0.1) is 0 Å². The van der Waals surface area contributed by atoms with E-state index in [4.69, 9.17) is 0 Å². The van der Waals surface area contributed by atoms with Crippen LogP contribution in [0.5, 0.6) is 0 Å². The minimum Gasteiger partial charge on any atom is -0.335 e. The highest BCUT2D eigenvalue weighted by Crippen LogP contribution is 2.14. The number of imidazole rings is 1. The van der Waals surface area contributed by atoms with Gasteiger partial charge in [-0.05, 0) is 19.4 Å². The number of hydrogen-bond acceptors (Lipinski definition) is 3. The van der Waals surface area contributed by atoms with Crippen LogP contribution in [0.15, 0.2) is 30.6 Å². The molecule has 0 atom stereocenters. The SMILES string of the molecule is Cc1cccc(CN2CCN(C(=O)c3c(C)ncn3C)CC2=O)c1. The Labute approximate surface area is 141 Å². The molecule has 1 aromatic heterocycles. The van der Waals surface area contributed by atoms with Crippen LogP contribution in [-0.4, -0.2) is 50.8 Å². The summed E-state index contributed by atoms with van der Waals surface area (Å²) >= 11 is 0. The number of benzene rings is 1. The lowest BCUT2D eigenvalue weighted by Gasteiger charge is -2.34. The first-order valence-corrected chi connectivity index (χ1v) is 8.06. The maximum absolute atomic E-state index is 12.7. The number of carbonyl (C=O) groups is 2. The van der Waals surface area contributed by atoms with Gasteiger partial charge in [0.05, 0.1) is 12.0 Å². The third kappa shape index (κ3) is 3.18. The Balaban J connectivity index is 1.67. The minimum atomic E-state index is -0.129. The molecule has 24 heavy (non-hydrogen) atoms. The Kier molecular flexibility index (Phi) is 4.38. The summed E-state index contributed by atoms with van der Waals surface area (Å²) in [5.41, 5.74) is 3.54. The summed E-state index contributed by atoms with van der Waals surface area (Å²) in [5, 5.41) is 0. The van der Waals surface area contributed by atoms with E-state index >= 15 is 0 Å². The summed E-state index contributed by atoms with van der Waals surface area (Å²) in [4.78, 5) is 32.7. The number of aryl methyl sites for hydroxylation is 3. The number of carbonyl (C=O) groups excluding carboxylic acids is 2. The zero-order valence-electron chi connectivity index (χ0n) is 14.3. The summed E-state index contributed by atoms with van der Waals surface area (Å²) in [7, 11) is 1.79. The topological polar surface area (TPSA) is 58.4 Å². The molecule has 0 radical (unpaired) electrons. The van der Waals surface area contributed by atoms with E-state index in [1.807, 2.05) is 36.9 Å². The molecule has 2 amide bonds. The molecule has 6 heteroatoms. The monoisotopic (exact) mass is 326 g/mol. The van der Waals surface area contributed by atoms with E-state index in [1.54, 1.807) is 22.8 Å². The number of nitrogens with zero attached hydrogens (tertiary/aromatic N) is 4. The molecule has 1 fully saturated rings. The van der Waals surface area contributed by atoms with E-state index in [1.165, 1.54) is 5.56 Å². The van der Waals surface area contributed by atoms with Gasteiger partial charge in [0.1, 0.15) is 12.2 Å². The van der Waals surface area contributed by atoms with E-state index in [0.29, 0.717) is 31.0 Å². The fourth-order valence-electron chi connectivity index (χ4n) is 3.08. The van der Waals surface area contributed by atoms with Crippen molar-refractivity contribution in [1.29, 1.82) is 0 Å². The predicted molar refractivity (Wildman–Crippen MR) is 90.4 cm³/mol. The van der Waals surface area contributed by atoms with Crippen molar-refractivity contribution in [2.45, 2.75) is 20.4 Å². The number of piperazine rings is 1. The predicted octanol–water partition coefficient (Wildman–Crippen LogP) is 1.52. The average molecular weight is 326 g/mol.